The van der Waals surface area contributed by atoms with Crippen LogP contribution in [0.4, 0.5) is 0 Å². The lowest BCUT2D eigenvalue weighted by atomic mass is 9.94. The molecule has 10 nitrogen and oxygen atoms in total. The van der Waals surface area contributed by atoms with Crippen molar-refractivity contribution in [2.75, 3.05) is 0 Å². The number of benzene rings is 4. The van der Waals surface area contributed by atoms with Crippen LogP contribution in [0.1, 0.15) is 22.2 Å². The molecule has 1 atom stereocenters. The third-order valence-corrected chi connectivity index (χ3v) is 8.84. The summed E-state index contributed by atoms with van der Waals surface area (Å²) in [6.45, 7) is -0.409. The molecular weight excluding hydrogens is 664 g/mol. The first-order valence-corrected chi connectivity index (χ1v) is 16.1. The van der Waals surface area contributed by atoms with Crippen molar-refractivity contribution in [2.24, 2.45) is 0 Å². The van der Waals surface area contributed by atoms with Gasteiger partial charge in [-0.15, -0.1) is 11.3 Å². The monoisotopic (exact) mass is 690 g/mol. The Morgan fingerprint density at radius 1 is 0.857 bits per heavy atom. The van der Waals surface area contributed by atoms with Crippen molar-refractivity contribution in [2.45, 2.75) is 12.6 Å². The van der Waals surface area contributed by atoms with E-state index in [1.165, 1.54) is 0 Å². The van der Waals surface area contributed by atoms with Crippen LogP contribution in [0.3, 0.4) is 0 Å². The lowest BCUT2D eigenvalue weighted by molar-refractivity contribution is -0.159. The number of aromatic amines is 1. The number of aromatic nitrogens is 4. The zero-order chi connectivity index (χ0) is 34.5. The molecule has 4 aromatic carbocycles. The summed E-state index contributed by atoms with van der Waals surface area (Å²) in [5.41, 5.74) is 5.93. The number of halogens is 1. The van der Waals surface area contributed by atoms with Crippen molar-refractivity contribution in [1.29, 1.82) is 0 Å². The highest BCUT2D eigenvalue weighted by molar-refractivity contribution is 7.10. The maximum Gasteiger partial charge on any atom is 0.414 e. The van der Waals surface area contributed by atoms with E-state index in [9.17, 15) is 9.90 Å². The third-order valence-electron chi connectivity index (χ3n) is 7.71. The average Bonchev–Trinajstić information content (AvgIpc) is 3.80. The number of aliphatic carboxylic acids is 2. The molecule has 0 saturated heterocycles. The average molecular weight is 691 g/mol. The van der Waals surface area contributed by atoms with Gasteiger partial charge in [-0.25, -0.2) is 19.6 Å². The standard InChI is InChI=1S/C35H25ClN4O2S.C2H2O4/c36-26-13-7-12-24(18-26)31-27-19-25(14-15-29(27)38-34(42)28(31)20-41)32(35-39-30(21-43-35)22-8-3-1-4-9-22)40-17-16-37-33(40)23-10-5-2-6-11-23;3-1(4)2(5)6/h1-19,21,32,41H,20H2,(H,38,42);(H,3,4)(H,5,6). The first-order chi connectivity index (χ1) is 23.7. The zero-order valence-corrected chi connectivity index (χ0v) is 27.1. The van der Waals surface area contributed by atoms with Gasteiger partial charge in [0.1, 0.15) is 16.9 Å². The highest BCUT2D eigenvalue weighted by atomic mass is 35.5. The first kappa shape index (κ1) is 33.0. The molecule has 4 N–H and O–H groups in total. The van der Waals surface area contributed by atoms with Crippen molar-refractivity contribution < 1.29 is 24.9 Å². The minimum absolute atomic E-state index is 0.289. The number of hydrogen-bond acceptors (Lipinski definition) is 7. The van der Waals surface area contributed by atoms with Gasteiger partial charge in [0.25, 0.3) is 5.56 Å². The Bertz CT molecular complexity index is 2320. The molecule has 0 aliphatic rings. The minimum atomic E-state index is -1.82. The number of hydrogen-bond donors (Lipinski definition) is 4. The van der Waals surface area contributed by atoms with E-state index in [-0.39, 0.29) is 17.2 Å². The van der Waals surface area contributed by atoms with Gasteiger partial charge in [0.05, 0.1) is 17.9 Å². The number of carboxylic acids is 2. The first-order valence-electron chi connectivity index (χ1n) is 14.9. The summed E-state index contributed by atoms with van der Waals surface area (Å²) >= 11 is 7.97. The molecule has 49 heavy (non-hydrogen) atoms. The maximum atomic E-state index is 13.0. The quantitative estimate of drug-likeness (QED) is 0.129. The highest BCUT2D eigenvalue weighted by Gasteiger charge is 2.25. The Morgan fingerprint density at radius 3 is 2.18 bits per heavy atom. The fourth-order valence-electron chi connectivity index (χ4n) is 5.56. The number of nitrogens with zero attached hydrogens (tertiary/aromatic N) is 3. The van der Waals surface area contributed by atoms with Crippen molar-refractivity contribution >= 4 is 45.8 Å². The molecule has 0 spiro atoms. The maximum absolute atomic E-state index is 13.0. The van der Waals surface area contributed by atoms with Crippen LogP contribution in [0, 0.1) is 0 Å². The number of aliphatic hydroxyl groups is 1. The number of aliphatic hydroxyl groups excluding tert-OH is 1. The Kier molecular flexibility index (Phi) is 9.77. The molecule has 0 radical (unpaired) electrons. The summed E-state index contributed by atoms with van der Waals surface area (Å²) in [6.07, 6.45) is 3.78. The summed E-state index contributed by atoms with van der Waals surface area (Å²) in [6, 6.07) is 33.2. The fraction of sp³-hybridized carbons (Fsp3) is 0.0541. The molecule has 0 aliphatic carbocycles. The van der Waals surface area contributed by atoms with Gasteiger partial charge in [0.2, 0.25) is 0 Å². The second kappa shape index (κ2) is 14.5. The van der Waals surface area contributed by atoms with Crippen LogP contribution < -0.4 is 5.56 Å². The molecule has 0 bridgehead atoms. The number of carboxylic acid groups (broad SMARTS) is 2. The molecule has 7 rings (SSSR count). The molecule has 3 heterocycles. The number of imidazole rings is 1. The molecule has 0 aliphatic heterocycles. The Morgan fingerprint density at radius 2 is 1.53 bits per heavy atom. The van der Waals surface area contributed by atoms with E-state index in [0.29, 0.717) is 16.1 Å². The van der Waals surface area contributed by atoms with E-state index in [4.69, 9.17) is 41.4 Å². The number of H-pyrrole nitrogens is 1. The van der Waals surface area contributed by atoms with Crippen LogP contribution >= 0.6 is 22.9 Å². The second-order valence-corrected chi connectivity index (χ2v) is 12.1. The number of nitrogens with one attached hydrogen (secondary N) is 1. The van der Waals surface area contributed by atoms with Gasteiger partial charge in [-0.2, -0.15) is 0 Å². The van der Waals surface area contributed by atoms with Crippen molar-refractivity contribution in [3.63, 3.8) is 0 Å². The summed E-state index contributed by atoms with van der Waals surface area (Å²) in [7, 11) is 0. The van der Waals surface area contributed by atoms with E-state index in [0.717, 1.165) is 44.2 Å². The number of carbonyl (C=O) groups is 2. The summed E-state index contributed by atoms with van der Waals surface area (Å²) in [4.78, 5) is 44.1. The summed E-state index contributed by atoms with van der Waals surface area (Å²) < 4.78 is 2.14. The molecule has 1 unspecified atom stereocenters. The zero-order valence-electron chi connectivity index (χ0n) is 25.5. The second-order valence-electron chi connectivity index (χ2n) is 10.8. The van der Waals surface area contributed by atoms with Gasteiger partial charge in [-0.05, 0) is 35.4 Å². The molecule has 7 aromatic rings. The van der Waals surface area contributed by atoms with E-state index in [1.54, 1.807) is 23.6 Å². The molecule has 0 fully saturated rings. The smallest absolute Gasteiger partial charge is 0.414 e. The van der Waals surface area contributed by atoms with Crippen LogP contribution in [0.5, 0.6) is 0 Å². The number of pyridine rings is 1. The SMILES string of the molecule is O=C(O)C(=O)O.O=c1[nH]c2ccc(C(c3nc(-c4ccccc4)cs3)n3ccnc3-c3ccccc3)cc2c(-c2cccc(Cl)c2)c1CO. The molecule has 12 heteroatoms. The van der Waals surface area contributed by atoms with E-state index in [1.807, 2.05) is 85.1 Å². The van der Waals surface area contributed by atoms with Crippen LogP contribution in [0.15, 0.2) is 126 Å². The Hall–Kier alpha value is -5.88. The van der Waals surface area contributed by atoms with Gasteiger partial charge in [-0.3, -0.25) is 4.79 Å². The van der Waals surface area contributed by atoms with Crippen LogP contribution in [-0.2, 0) is 16.2 Å². The lowest BCUT2D eigenvalue weighted by Gasteiger charge is -2.21. The topological polar surface area (TPSA) is 158 Å². The molecule has 0 saturated carbocycles. The van der Waals surface area contributed by atoms with E-state index in [2.05, 4.69) is 33.1 Å². The van der Waals surface area contributed by atoms with E-state index < -0.39 is 18.5 Å². The highest BCUT2D eigenvalue weighted by Crippen LogP contribution is 2.38. The van der Waals surface area contributed by atoms with Gasteiger partial charge in [0, 0.05) is 50.4 Å². The van der Waals surface area contributed by atoms with E-state index >= 15 is 0 Å². The number of rotatable bonds is 7. The summed E-state index contributed by atoms with van der Waals surface area (Å²) in [5, 5.41) is 29.4. The Balaban J connectivity index is 0.000000639. The van der Waals surface area contributed by atoms with Crippen molar-refractivity contribution in [3.8, 4) is 33.8 Å². The van der Waals surface area contributed by atoms with Crippen LogP contribution in [0.2, 0.25) is 5.02 Å². The van der Waals surface area contributed by atoms with Gasteiger partial charge >= 0.3 is 11.9 Å². The predicted octanol–water partition coefficient (Wildman–Crippen LogP) is 7.12. The number of thiazole rings is 1. The molecule has 244 valence electrons. The Labute approximate surface area is 288 Å². The summed E-state index contributed by atoms with van der Waals surface area (Å²) in [5.74, 6) is -2.83. The lowest BCUT2D eigenvalue weighted by Crippen LogP contribution is -2.16. The van der Waals surface area contributed by atoms with Crippen LogP contribution in [-0.4, -0.2) is 46.8 Å². The largest absolute Gasteiger partial charge is 0.473 e. The predicted molar refractivity (Wildman–Crippen MR) is 189 cm³/mol. The van der Waals surface area contributed by atoms with Crippen molar-refractivity contribution in [1.82, 2.24) is 19.5 Å². The van der Waals surface area contributed by atoms with Crippen LogP contribution in [0.25, 0.3) is 44.7 Å². The van der Waals surface area contributed by atoms with Gasteiger partial charge in [0.15, 0.2) is 0 Å². The van der Waals surface area contributed by atoms with Gasteiger partial charge < -0.3 is 24.9 Å². The number of fused-ring (bicyclic) bond motifs is 1. The molecule has 0 amide bonds. The van der Waals surface area contributed by atoms with Crippen molar-refractivity contribution in [3.05, 3.63) is 152 Å². The third kappa shape index (κ3) is 7.04. The minimum Gasteiger partial charge on any atom is -0.473 e. The normalized spacial score (nSPS) is 11.5. The fourth-order valence-corrected chi connectivity index (χ4v) is 6.70. The molecule has 3 aromatic heterocycles. The van der Waals surface area contributed by atoms with Gasteiger partial charge in [-0.1, -0.05) is 90.5 Å². The molecular formula is C37H27ClN4O6S.